The van der Waals surface area contributed by atoms with Crippen LogP contribution in [0, 0.1) is 20.8 Å². The molecule has 36 heavy (non-hydrogen) atoms. The number of sulfonamides is 1. The van der Waals surface area contributed by atoms with E-state index in [1.165, 1.54) is 24.1 Å². The Morgan fingerprint density at radius 3 is 2.14 bits per heavy atom. The molecule has 0 aliphatic heterocycles. The van der Waals surface area contributed by atoms with Crippen molar-refractivity contribution in [3.05, 3.63) is 95.1 Å². The molecule has 0 unspecified atom stereocenters. The van der Waals surface area contributed by atoms with Crippen molar-refractivity contribution in [2.75, 3.05) is 17.9 Å². The summed E-state index contributed by atoms with van der Waals surface area (Å²) < 4.78 is 28.7. The number of nitrogens with zero attached hydrogens (tertiary/aromatic N) is 2. The van der Waals surface area contributed by atoms with Crippen LogP contribution in [0.4, 0.5) is 5.69 Å². The zero-order valence-corrected chi connectivity index (χ0v) is 22.2. The van der Waals surface area contributed by atoms with Gasteiger partial charge < -0.3 is 10.2 Å². The summed E-state index contributed by atoms with van der Waals surface area (Å²) >= 11 is 0. The molecule has 0 saturated heterocycles. The van der Waals surface area contributed by atoms with Gasteiger partial charge in [-0.2, -0.15) is 0 Å². The van der Waals surface area contributed by atoms with Crippen molar-refractivity contribution in [2.45, 2.75) is 45.2 Å². The monoisotopic (exact) mass is 507 g/mol. The van der Waals surface area contributed by atoms with Gasteiger partial charge in [0.15, 0.2) is 0 Å². The minimum absolute atomic E-state index is 0.0862. The highest BCUT2D eigenvalue weighted by Crippen LogP contribution is 2.29. The lowest BCUT2D eigenvalue weighted by Crippen LogP contribution is -2.50. The first kappa shape index (κ1) is 26.9. The number of amides is 2. The van der Waals surface area contributed by atoms with Gasteiger partial charge in [-0.1, -0.05) is 60.2 Å². The molecule has 0 bridgehead atoms. The lowest BCUT2D eigenvalue weighted by molar-refractivity contribution is -0.139. The van der Waals surface area contributed by atoms with Crippen molar-refractivity contribution in [1.29, 1.82) is 0 Å². The Balaban J connectivity index is 2.06. The third kappa shape index (κ3) is 5.94. The van der Waals surface area contributed by atoms with Gasteiger partial charge in [0.05, 0.1) is 10.6 Å². The molecule has 0 saturated carbocycles. The summed E-state index contributed by atoms with van der Waals surface area (Å²) in [6.07, 6.45) is 0. The summed E-state index contributed by atoms with van der Waals surface area (Å²) in [4.78, 5) is 27.8. The van der Waals surface area contributed by atoms with Crippen LogP contribution in [0.5, 0.6) is 0 Å². The van der Waals surface area contributed by atoms with E-state index >= 15 is 0 Å². The predicted octanol–water partition coefficient (Wildman–Crippen LogP) is 3.97. The van der Waals surface area contributed by atoms with E-state index in [2.05, 4.69) is 5.32 Å². The molecule has 3 rings (SSSR count). The Bertz CT molecular complexity index is 1320. The van der Waals surface area contributed by atoms with Crippen molar-refractivity contribution in [2.24, 2.45) is 0 Å². The maximum absolute atomic E-state index is 13.8. The molecule has 3 aromatic rings. The summed E-state index contributed by atoms with van der Waals surface area (Å²) in [6.45, 7) is 7.05. The third-order valence-electron chi connectivity index (χ3n) is 6.34. The maximum Gasteiger partial charge on any atom is 0.264 e. The first-order chi connectivity index (χ1) is 17.1. The van der Waals surface area contributed by atoms with E-state index in [9.17, 15) is 18.0 Å². The molecule has 1 N–H and O–H groups in total. The van der Waals surface area contributed by atoms with Gasteiger partial charge in [-0.3, -0.25) is 13.9 Å². The van der Waals surface area contributed by atoms with Crippen molar-refractivity contribution >= 4 is 27.5 Å². The standard InChI is InChI=1S/C28H33N3O4S/c1-20-14-16-24(17-15-20)18-30(23(4)28(33)29-5)27(32)19-31(26-13-9-10-21(2)22(26)3)36(34,35)25-11-7-6-8-12-25/h6-17,23H,18-19H2,1-5H3,(H,29,33)/t23-/m0/s1. The van der Waals surface area contributed by atoms with Gasteiger partial charge >= 0.3 is 0 Å². The van der Waals surface area contributed by atoms with Crippen LogP contribution in [0.2, 0.25) is 0 Å². The lowest BCUT2D eigenvalue weighted by Gasteiger charge is -2.32. The molecule has 0 aliphatic rings. The van der Waals surface area contributed by atoms with Crippen LogP contribution in [0.15, 0.2) is 77.7 Å². The third-order valence-corrected chi connectivity index (χ3v) is 8.12. The summed E-state index contributed by atoms with van der Waals surface area (Å²) in [7, 11) is -2.56. The molecule has 190 valence electrons. The smallest absolute Gasteiger partial charge is 0.264 e. The van der Waals surface area contributed by atoms with Crippen molar-refractivity contribution in [3.8, 4) is 0 Å². The zero-order chi connectivity index (χ0) is 26.5. The number of anilines is 1. The first-order valence-electron chi connectivity index (χ1n) is 11.8. The van der Waals surface area contributed by atoms with Crippen molar-refractivity contribution < 1.29 is 18.0 Å². The second-order valence-corrected chi connectivity index (χ2v) is 10.7. The molecular formula is C28H33N3O4S. The summed E-state index contributed by atoms with van der Waals surface area (Å²) in [6, 6.07) is 20.3. The van der Waals surface area contributed by atoms with Gasteiger partial charge in [0.2, 0.25) is 11.8 Å². The van der Waals surface area contributed by atoms with E-state index in [1.807, 2.05) is 51.1 Å². The van der Waals surface area contributed by atoms with Crippen molar-refractivity contribution in [1.82, 2.24) is 10.2 Å². The number of carbonyl (C=O) groups is 2. The second kappa shape index (κ2) is 11.4. The van der Waals surface area contributed by atoms with E-state index in [0.717, 1.165) is 26.6 Å². The van der Waals surface area contributed by atoms with Crippen LogP contribution < -0.4 is 9.62 Å². The molecule has 0 radical (unpaired) electrons. The predicted molar refractivity (Wildman–Crippen MR) is 142 cm³/mol. The fourth-order valence-corrected chi connectivity index (χ4v) is 5.41. The summed E-state index contributed by atoms with van der Waals surface area (Å²) in [5.74, 6) is -0.813. The fourth-order valence-electron chi connectivity index (χ4n) is 3.92. The Morgan fingerprint density at radius 2 is 1.53 bits per heavy atom. The fraction of sp³-hybridized carbons (Fsp3) is 0.286. The summed E-state index contributed by atoms with van der Waals surface area (Å²) in [5.41, 5.74) is 4.01. The molecule has 0 spiro atoms. The van der Waals surface area contributed by atoms with Crippen LogP contribution in [-0.2, 0) is 26.2 Å². The molecule has 0 aromatic heterocycles. The van der Waals surface area contributed by atoms with E-state index in [1.54, 1.807) is 37.3 Å². The number of carbonyl (C=O) groups excluding carboxylic acids is 2. The lowest BCUT2D eigenvalue weighted by atomic mass is 10.1. The van der Waals surface area contributed by atoms with Gasteiger partial charge in [-0.15, -0.1) is 0 Å². The number of hydrogen-bond acceptors (Lipinski definition) is 4. The van der Waals surface area contributed by atoms with Gasteiger partial charge in [0.25, 0.3) is 10.0 Å². The average molecular weight is 508 g/mol. The van der Waals surface area contributed by atoms with Crippen LogP contribution in [-0.4, -0.2) is 44.8 Å². The van der Waals surface area contributed by atoms with Crippen molar-refractivity contribution in [3.63, 3.8) is 0 Å². The van der Waals surface area contributed by atoms with Gasteiger partial charge in [-0.05, 0) is 62.6 Å². The molecule has 0 fully saturated rings. The molecule has 0 heterocycles. The van der Waals surface area contributed by atoms with Gasteiger partial charge in [0.1, 0.15) is 12.6 Å². The number of hydrogen-bond donors (Lipinski definition) is 1. The van der Waals surface area contributed by atoms with E-state index in [-0.39, 0.29) is 17.3 Å². The molecule has 7 nitrogen and oxygen atoms in total. The Labute approximate surface area is 213 Å². The number of aryl methyl sites for hydroxylation is 2. The number of benzene rings is 3. The highest BCUT2D eigenvalue weighted by atomic mass is 32.2. The zero-order valence-electron chi connectivity index (χ0n) is 21.4. The maximum atomic E-state index is 13.8. The minimum Gasteiger partial charge on any atom is -0.357 e. The highest BCUT2D eigenvalue weighted by molar-refractivity contribution is 7.92. The first-order valence-corrected chi connectivity index (χ1v) is 13.2. The van der Waals surface area contributed by atoms with Crippen LogP contribution >= 0.6 is 0 Å². The molecule has 8 heteroatoms. The second-order valence-electron chi connectivity index (χ2n) is 8.84. The molecule has 2 amide bonds. The average Bonchev–Trinajstić information content (AvgIpc) is 2.88. The Morgan fingerprint density at radius 1 is 0.889 bits per heavy atom. The number of likely N-dealkylation sites (N-methyl/N-ethyl adjacent to an activating group) is 1. The molecule has 1 atom stereocenters. The van der Waals surface area contributed by atoms with E-state index in [4.69, 9.17) is 0 Å². The number of rotatable bonds is 9. The highest BCUT2D eigenvalue weighted by Gasteiger charge is 2.33. The van der Waals surface area contributed by atoms with Crippen LogP contribution in [0.25, 0.3) is 0 Å². The van der Waals surface area contributed by atoms with Crippen LogP contribution in [0.3, 0.4) is 0 Å². The molecule has 3 aromatic carbocycles. The summed E-state index contributed by atoms with van der Waals surface area (Å²) in [5, 5.41) is 2.59. The molecular weight excluding hydrogens is 474 g/mol. The normalized spacial score (nSPS) is 12.0. The Hall–Kier alpha value is -3.65. The quantitative estimate of drug-likeness (QED) is 0.475. The van der Waals surface area contributed by atoms with Gasteiger partial charge in [0, 0.05) is 13.6 Å². The number of nitrogens with one attached hydrogen (secondary N) is 1. The Kier molecular flexibility index (Phi) is 8.53. The SMILES string of the molecule is CNC(=O)[C@H](C)N(Cc1ccc(C)cc1)C(=O)CN(c1cccc(C)c1C)S(=O)(=O)c1ccccc1. The topological polar surface area (TPSA) is 86.8 Å². The van der Waals surface area contributed by atoms with E-state index < -0.39 is 28.5 Å². The van der Waals surface area contributed by atoms with Gasteiger partial charge in [-0.25, -0.2) is 8.42 Å². The van der Waals surface area contributed by atoms with E-state index in [0.29, 0.717) is 5.69 Å². The van der Waals surface area contributed by atoms with Crippen LogP contribution in [0.1, 0.15) is 29.2 Å². The largest absolute Gasteiger partial charge is 0.357 e. The molecule has 0 aliphatic carbocycles. The minimum atomic E-state index is -4.07.